The van der Waals surface area contributed by atoms with E-state index in [1.807, 2.05) is 0 Å². The second kappa shape index (κ2) is 5.26. The Bertz CT molecular complexity index is 561. The van der Waals surface area contributed by atoms with Crippen molar-refractivity contribution in [3.05, 3.63) is 22.6 Å². The Kier molecular flexibility index (Phi) is 3.46. The number of nitrogens with one attached hydrogen (secondary N) is 1. The first-order valence-electron chi connectivity index (χ1n) is 7.20. The summed E-state index contributed by atoms with van der Waals surface area (Å²) >= 11 is 0. The highest BCUT2D eigenvalue weighted by atomic mass is 16.2. The molecule has 2 aliphatic carbocycles. The Labute approximate surface area is 117 Å². The van der Waals surface area contributed by atoms with Crippen molar-refractivity contribution in [2.75, 3.05) is 18.9 Å². The van der Waals surface area contributed by atoms with Gasteiger partial charge in [0.25, 0.3) is 5.56 Å². The van der Waals surface area contributed by atoms with Gasteiger partial charge in [0.15, 0.2) is 0 Å². The third-order valence-electron chi connectivity index (χ3n) is 3.93. The molecule has 0 unspecified atom stereocenters. The van der Waals surface area contributed by atoms with Gasteiger partial charge < -0.3 is 10.2 Å². The van der Waals surface area contributed by atoms with Crippen LogP contribution in [0.3, 0.4) is 0 Å². The average Bonchev–Trinajstić information content (AvgIpc) is 3.29. The fourth-order valence-electron chi connectivity index (χ4n) is 2.14. The largest absolute Gasteiger partial charge is 0.383 e. The minimum Gasteiger partial charge on any atom is -0.383 e. The summed E-state index contributed by atoms with van der Waals surface area (Å²) in [6.07, 6.45) is 6.27. The summed E-state index contributed by atoms with van der Waals surface area (Å²) in [5.74, 6) is 0.687. The Balaban J connectivity index is 1.60. The van der Waals surface area contributed by atoms with Crippen LogP contribution in [-0.4, -0.2) is 40.2 Å². The molecule has 6 nitrogen and oxygen atoms in total. The maximum absolute atomic E-state index is 12.0. The highest BCUT2D eigenvalue weighted by Crippen LogP contribution is 2.28. The highest BCUT2D eigenvalue weighted by Gasteiger charge is 2.29. The summed E-state index contributed by atoms with van der Waals surface area (Å²) < 4.78 is 1.23. The Morgan fingerprint density at radius 2 is 2.20 bits per heavy atom. The minimum atomic E-state index is -0.233. The van der Waals surface area contributed by atoms with Gasteiger partial charge in [-0.2, -0.15) is 5.10 Å². The molecule has 2 aliphatic rings. The molecular formula is C14H20N4O2. The summed E-state index contributed by atoms with van der Waals surface area (Å²) in [5.41, 5.74) is 0.504. The molecule has 1 heterocycles. The van der Waals surface area contributed by atoms with Crippen molar-refractivity contribution in [3.8, 4) is 0 Å². The normalized spacial score (nSPS) is 17.9. The SMILES string of the molecule is CN(C(=O)Cn1ncc(NCC2CC2)cc1=O)C1CC1. The third-order valence-corrected chi connectivity index (χ3v) is 3.93. The minimum absolute atomic E-state index is 0.0226. The lowest BCUT2D eigenvalue weighted by molar-refractivity contribution is -0.131. The van der Waals surface area contributed by atoms with Crippen molar-refractivity contribution < 1.29 is 4.79 Å². The predicted octanol–water partition coefficient (Wildman–Crippen LogP) is 0.686. The lowest BCUT2D eigenvalue weighted by atomic mass is 10.4. The fraction of sp³-hybridized carbons (Fsp3) is 0.643. The van der Waals surface area contributed by atoms with Gasteiger partial charge in [0.05, 0.1) is 11.9 Å². The van der Waals surface area contributed by atoms with Gasteiger partial charge in [-0.05, 0) is 31.6 Å². The van der Waals surface area contributed by atoms with Crippen LogP contribution in [0, 0.1) is 5.92 Å². The summed E-state index contributed by atoms with van der Waals surface area (Å²) in [4.78, 5) is 25.6. The smallest absolute Gasteiger partial charge is 0.269 e. The molecule has 1 amide bonds. The molecule has 1 aromatic heterocycles. The maximum atomic E-state index is 12.0. The van der Waals surface area contributed by atoms with Crippen LogP contribution in [0.5, 0.6) is 0 Å². The molecule has 2 fully saturated rings. The van der Waals surface area contributed by atoms with Crippen molar-refractivity contribution in [1.29, 1.82) is 0 Å². The number of carbonyl (C=O) groups excluding carboxylic acids is 1. The van der Waals surface area contributed by atoms with Gasteiger partial charge in [0.1, 0.15) is 6.54 Å². The van der Waals surface area contributed by atoms with Gasteiger partial charge in [-0.1, -0.05) is 0 Å². The van der Waals surface area contributed by atoms with E-state index in [2.05, 4.69) is 10.4 Å². The van der Waals surface area contributed by atoms with Crippen molar-refractivity contribution >= 4 is 11.6 Å². The molecule has 108 valence electrons. The molecule has 1 N–H and O–H groups in total. The van der Waals surface area contributed by atoms with Gasteiger partial charge in [-0.25, -0.2) is 4.68 Å². The van der Waals surface area contributed by atoms with Crippen LogP contribution in [0.25, 0.3) is 0 Å². The number of carbonyl (C=O) groups is 1. The van der Waals surface area contributed by atoms with E-state index in [4.69, 9.17) is 0 Å². The van der Waals surface area contributed by atoms with Gasteiger partial charge in [0.2, 0.25) is 5.91 Å². The quantitative estimate of drug-likeness (QED) is 0.830. The lowest BCUT2D eigenvalue weighted by Gasteiger charge is -2.16. The lowest BCUT2D eigenvalue weighted by Crippen LogP contribution is -2.36. The molecule has 0 bridgehead atoms. The second-order valence-corrected chi connectivity index (χ2v) is 5.80. The Morgan fingerprint density at radius 3 is 2.80 bits per heavy atom. The molecule has 0 spiro atoms. The first-order chi connectivity index (χ1) is 9.63. The van der Waals surface area contributed by atoms with E-state index in [1.165, 1.54) is 23.6 Å². The Hall–Kier alpha value is -1.85. The van der Waals surface area contributed by atoms with Crippen LogP contribution in [0.4, 0.5) is 5.69 Å². The number of nitrogens with zero attached hydrogens (tertiary/aromatic N) is 3. The highest BCUT2D eigenvalue weighted by molar-refractivity contribution is 5.76. The molecule has 20 heavy (non-hydrogen) atoms. The molecule has 0 atom stereocenters. The second-order valence-electron chi connectivity index (χ2n) is 5.80. The number of hydrogen-bond acceptors (Lipinski definition) is 4. The first-order valence-corrected chi connectivity index (χ1v) is 7.20. The molecule has 0 radical (unpaired) electrons. The summed E-state index contributed by atoms with van der Waals surface area (Å²) in [6.45, 7) is 0.920. The summed E-state index contributed by atoms with van der Waals surface area (Å²) in [7, 11) is 1.79. The van der Waals surface area contributed by atoms with Gasteiger partial charge >= 0.3 is 0 Å². The van der Waals surface area contributed by atoms with Crippen molar-refractivity contribution in [2.45, 2.75) is 38.3 Å². The van der Waals surface area contributed by atoms with Crippen LogP contribution in [-0.2, 0) is 11.3 Å². The van der Waals surface area contributed by atoms with Crippen LogP contribution in [0.2, 0.25) is 0 Å². The maximum Gasteiger partial charge on any atom is 0.269 e. The number of likely N-dealkylation sites (N-methyl/N-ethyl adjacent to an activating group) is 1. The molecule has 0 aliphatic heterocycles. The van der Waals surface area contributed by atoms with Crippen molar-refractivity contribution in [3.63, 3.8) is 0 Å². The number of anilines is 1. The van der Waals surface area contributed by atoms with Crippen molar-refractivity contribution in [1.82, 2.24) is 14.7 Å². The van der Waals surface area contributed by atoms with E-state index in [-0.39, 0.29) is 18.0 Å². The van der Waals surface area contributed by atoms with Crippen molar-refractivity contribution in [2.24, 2.45) is 5.92 Å². The monoisotopic (exact) mass is 276 g/mol. The fourth-order valence-corrected chi connectivity index (χ4v) is 2.14. The van der Waals surface area contributed by atoms with Crippen LogP contribution >= 0.6 is 0 Å². The average molecular weight is 276 g/mol. The number of amides is 1. The molecule has 1 aromatic rings. The van der Waals surface area contributed by atoms with E-state index >= 15 is 0 Å². The zero-order valence-electron chi connectivity index (χ0n) is 11.7. The summed E-state index contributed by atoms with van der Waals surface area (Å²) in [5, 5.41) is 7.28. The topological polar surface area (TPSA) is 67.2 Å². The van der Waals surface area contributed by atoms with Gasteiger partial charge in [-0.15, -0.1) is 0 Å². The van der Waals surface area contributed by atoms with Gasteiger partial charge in [0, 0.05) is 25.7 Å². The zero-order chi connectivity index (χ0) is 14.1. The first kappa shape index (κ1) is 13.1. The molecule has 6 heteroatoms. The van der Waals surface area contributed by atoms with E-state index in [0.29, 0.717) is 6.04 Å². The number of hydrogen-bond donors (Lipinski definition) is 1. The number of aromatic nitrogens is 2. The third kappa shape index (κ3) is 3.18. The molecular weight excluding hydrogens is 256 g/mol. The van der Waals surface area contributed by atoms with Crippen LogP contribution in [0.15, 0.2) is 17.1 Å². The van der Waals surface area contributed by atoms with Crippen LogP contribution in [0.1, 0.15) is 25.7 Å². The van der Waals surface area contributed by atoms with E-state index in [0.717, 1.165) is 31.0 Å². The summed E-state index contributed by atoms with van der Waals surface area (Å²) in [6, 6.07) is 1.87. The van der Waals surface area contributed by atoms with E-state index in [1.54, 1.807) is 18.1 Å². The Morgan fingerprint density at radius 1 is 1.45 bits per heavy atom. The molecule has 3 rings (SSSR count). The molecule has 2 saturated carbocycles. The van der Waals surface area contributed by atoms with E-state index < -0.39 is 0 Å². The van der Waals surface area contributed by atoms with Gasteiger partial charge in [-0.3, -0.25) is 9.59 Å². The molecule has 0 aromatic carbocycles. The standard InChI is InChI=1S/C14H20N4O2/c1-17(12-4-5-12)14(20)9-18-13(19)6-11(8-16-18)15-7-10-2-3-10/h6,8,10,12,15H,2-5,7,9H2,1H3. The number of rotatable bonds is 6. The van der Waals surface area contributed by atoms with Crippen LogP contribution < -0.4 is 10.9 Å². The zero-order valence-corrected chi connectivity index (χ0v) is 11.7. The molecule has 0 saturated heterocycles. The van der Waals surface area contributed by atoms with E-state index in [9.17, 15) is 9.59 Å². The predicted molar refractivity (Wildman–Crippen MR) is 75.5 cm³/mol.